The molecule has 26 heavy (non-hydrogen) atoms. The number of carboxylic acid groups (broad SMARTS) is 1. The third-order valence-electron chi connectivity index (χ3n) is 3.83. The van der Waals surface area contributed by atoms with Crippen LogP contribution in [0.3, 0.4) is 0 Å². The summed E-state index contributed by atoms with van der Waals surface area (Å²) in [5, 5.41) is 9.36. The van der Waals surface area contributed by atoms with Crippen molar-refractivity contribution in [1.82, 2.24) is 0 Å². The summed E-state index contributed by atoms with van der Waals surface area (Å²) in [6, 6.07) is 12.8. The van der Waals surface area contributed by atoms with E-state index in [1.165, 1.54) is 6.07 Å². The number of carbonyl (C=O) groups is 2. The molecule has 2 rings (SSSR count). The molecule has 0 heterocycles. The van der Waals surface area contributed by atoms with Crippen LogP contribution in [0.15, 0.2) is 42.5 Å². The van der Waals surface area contributed by atoms with Crippen molar-refractivity contribution in [3.05, 3.63) is 68.3 Å². The summed E-state index contributed by atoms with van der Waals surface area (Å²) in [5.41, 5.74) is 1.97. The van der Waals surface area contributed by atoms with E-state index in [4.69, 9.17) is 4.74 Å². The van der Waals surface area contributed by atoms with E-state index in [0.29, 0.717) is 21.1 Å². The maximum atomic E-state index is 12.5. The van der Waals surface area contributed by atoms with Gasteiger partial charge in [0.25, 0.3) is 0 Å². The molecule has 0 bridgehead atoms. The van der Waals surface area contributed by atoms with E-state index in [2.05, 4.69) is 11.8 Å². The van der Waals surface area contributed by atoms with Gasteiger partial charge < -0.3 is 9.84 Å². The lowest BCUT2D eigenvalue weighted by Crippen LogP contribution is -2.15. The zero-order valence-electron chi connectivity index (χ0n) is 14.6. The van der Waals surface area contributed by atoms with E-state index in [-0.39, 0.29) is 18.1 Å². The van der Waals surface area contributed by atoms with Gasteiger partial charge in [0.2, 0.25) is 0 Å². The highest BCUT2D eigenvalue weighted by atomic mass is 127. The molecule has 2 aromatic rings. The number of aromatic carboxylic acids is 1. The monoisotopic (exact) mass is 462 g/mol. The first kappa shape index (κ1) is 20.0. The van der Waals surface area contributed by atoms with E-state index in [0.717, 1.165) is 5.56 Å². The molecule has 0 aromatic heterocycles. The van der Waals surface area contributed by atoms with Crippen LogP contribution in [0.5, 0.6) is 0 Å². The molecule has 1 unspecified atom stereocenters. The molecule has 2 aromatic carbocycles. The van der Waals surface area contributed by atoms with E-state index >= 15 is 0 Å². The molecule has 0 fully saturated rings. The second-order valence-corrected chi connectivity index (χ2v) is 6.59. The first-order valence-electron chi connectivity index (χ1n) is 8.28. The van der Waals surface area contributed by atoms with Gasteiger partial charge in [-0.15, -0.1) is 0 Å². The SMILES string of the molecule is CCOC(=O)c1c(C(C#Cc2ccccc2)CC)ccc(C(=O)O)c1I. The molecule has 5 heteroatoms. The van der Waals surface area contributed by atoms with Gasteiger partial charge in [-0.2, -0.15) is 0 Å². The van der Waals surface area contributed by atoms with Crippen molar-refractivity contribution in [3.8, 4) is 11.8 Å². The lowest BCUT2D eigenvalue weighted by molar-refractivity contribution is 0.0523. The molecule has 0 aliphatic heterocycles. The number of carboxylic acids is 1. The van der Waals surface area contributed by atoms with Gasteiger partial charge in [0.05, 0.1) is 17.7 Å². The molecular formula is C21H19IO4. The van der Waals surface area contributed by atoms with Crippen LogP contribution in [0.1, 0.15) is 58.0 Å². The fourth-order valence-corrected chi connectivity index (χ4v) is 3.49. The first-order chi connectivity index (χ1) is 12.5. The van der Waals surface area contributed by atoms with Crippen molar-refractivity contribution in [2.45, 2.75) is 26.2 Å². The summed E-state index contributed by atoms with van der Waals surface area (Å²) in [5.74, 6) is 4.54. The summed E-state index contributed by atoms with van der Waals surface area (Å²) in [6.07, 6.45) is 0.689. The number of halogens is 1. The lowest BCUT2D eigenvalue weighted by atomic mass is 9.91. The summed E-state index contributed by atoms with van der Waals surface area (Å²) in [6.45, 7) is 3.92. The third kappa shape index (κ3) is 4.64. The van der Waals surface area contributed by atoms with Crippen LogP contribution < -0.4 is 0 Å². The molecule has 1 N–H and O–H groups in total. The second kappa shape index (κ2) is 9.39. The Hall–Kier alpha value is -2.33. The zero-order chi connectivity index (χ0) is 19.1. The number of hydrogen-bond donors (Lipinski definition) is 1. The topological polar surface area (TPSA) is 63.6 Å². The van der Waals surface area contributed by atoms with Crippen LogP contribution in [0.4, 0.5) is 0 Å². The molecule has 1 atom stereocenters. The average Bonchev–Trinajstić information content (AvgIpc) is 2.63. The van der Waals surface area contributed by atoms with Gasteiger partial charge in [-0.3, -0.25) is 0 Å². The maximum absolute atomic E-state index is 12.5. The van der Waals surface area contributed by atoms with E-state index in [9.17, 15) is 14.7 Å². The van der Waals surface area contributed by atoms with Crippen LogP contribution in [0.25, 0.3) is 0 Å². The Morgan fingerprint density at radius 3 is 2.42 bits per heavy atom. The molecule has 4 nitrogen and oxygen atoms in total. The number of carbonyl (C=O) groups excluding carboxylic acids is 1. The normalized spacial score (nSPS) is 11.2. The van der Waals surface area contributed by atoms with Crippen LogP contribution in [0.2, 0.25) is 0 Å². The molecule has 134 valence electrons. The minimum absolute atomic E-state index is 0.0864. The fourth-order valence-electron chi connectivity index (χ4n) is 2.55. The predicted octanol–water partition coefficient (Wildman–Crippen LogP) is 4.71. The number of esters is 1. The maximum Gasteiger partial charge on any atom is 0.339 e. The van der Waals surface area contributed by atoms with E-state index < -0.39 is 11.9 Å². The summed E-state index contributed by atoms with van der Waals surface area (Å²) < 4.78 is 5.54. The summed E-state index contributed by atoms with van der Waals surface area (Å²) >= 11 is 1.90. The van der Waals surface area contributed by atoms with Crippen molar-refractivity contribution in [1.29, 1.82) is 0 Å². The van der Waals surface area contributed by atoms with Gasteiger partial charge in [-0.1, -0.05) is 43.0 Å². The molecule has 0 saturated carbocycles. The van der Waals surface area contributed by atoms with Gasteiger partial charge in [0, 0.05) is 15.1 Å². The molecule has 0 aliphatic rings. The minimum Gasteiger partial charge on any atom is -0.478 e. The van der Waals surface area contributed by atoms with Crippen LogP contribution in [-0.2, 0) is 4.74 Å². The van der Waals surface area contributed by atoms with Gasteiger partial charge in [-0.05, 0) is 59.7 Å². The van der Waals surface area contributed by atoms with Gasteiger partial charge >= 0.3 is 11.9 Å². The largest absolute Gasteiger partial charge is 0.478 e. The quantitative estimate of drug-likeness (QED) is 0.397. The second-order valence-electron chi connectivity index (χ2n) is 5.51. The van der Waals surface area contributed by atoms with Crippen molar-refractivity contribution in [2.24, 2.45) is 0 Å². The zero-order valence-corrected chi connectivity index (χ0v) is 16.7. The van der Waals surface area contributed by atoms with E-state index in [1.54, 1.807) is 13.0 Å². The summed E-state index contributed by atoms with van der Waals surface area (Å²) in [7, 11) is 0. The Labute approximate surface area is 166 Å². The molecule has 0 amide bonds. The van der Waals surface area contributed by atoms with Crippen molar-refractivity contribution < 1.29 is 19.4 Å². The summed E-state index contributed by atoms with van der Waals surface area (Å²) in [4.78, 5) is 23.9. The Bertz CT molecular complexity index is 863. The highest BCUT2D eigenvalue weighted by molar-refractivity contribution is 14.1. The van der Waals surface area contributed by atoms with Crippen LogP contribution in [-0.4, -0.2) is 23.7 Å². The Morgan fingerprint density at radius 1 is 1.15 bits per heavy atom. The smallest absolute Gasteiger partial charge is 0.339 e. The molecule has 0 radical (unpaired) electrons. The average molecular weight is 462 g/mol. The Balaban J connectivity index is 2.55. The third-order valence-corrected chi connectivity index (χ3v) is 4.95. The minimum atomic E-state index is -1.07. The van der Waals surface area contributed by atoms with Crippen molar-refractivity contribution in [2.75, 3.05) is 6.61 Å². The number of rotatable bonds is 5. The Morgan fingerprint density at radius 2 is 1.85 bits per heavy atom. The number of benzene rings is 2. The van der Waals surface area contributed by atoms with E-state index in [1.807, 2.05) is 59.8 Å². The molecule has 0 aliphatic carbocycles. The standard InChI is InChI=1S/C21H19IO4/c1-3-15(11-10-14-8-6-5-7-9-14)16-12-13-17(20(23)24)19(22)18(16)21(25)26-4-2/h5-9,12-13,15H,3-4H2,1-2H3,(H,23,24). The van der Waals surface area contributed by atoms with Gasteiger partial charge in [0.1, 0.15) is 0 Å². The fraction of sp³-hybridized carbons (Fsp3) is 0.238. The van der Waals surface area contributed by atoms with Gasteiger partial charge in [-0.25, -0.2) is 9.59 Å². The van der Waals surface area contributed by atoms with Crippen molar-refractivity contribution in [3.63, 3.8) is 0 Å². The highest BCUT2D eigenvalue weighted by Crippen LogP contribution is 2.30. The molecular weight excluding hydrogens is 443 g/mol. The molecule has 0 saturated heterocycles. The Kier molecular flexibility index (Phi) is 7.22. The predicted molar refractivity (Wildman–Crippen MR) is 108 cm³/mol. The van der Waals surface area contributed by atoms with Crippen molar-refractivity contribution >= 4 is 34.5 Å². The molecule has 0 spiro atoms. The number of ether oxygens (including phenoxy) is 1. The first-order valence-corrected chi connectivity index (χ1v) is 9.36. The van der Waals surface area contributed by atoms with Crippen LogP contribution in [0, 0.1) is 15.4 Å². The lowest BCUT2D eigenvalue weighted by Gasteiger charge is -2.16. The van der Waals surface area contributed by atoms with Gasteiger partial charge in [0.15, 0.2) is 0 Å². The highest BCUT2D eigenvalue weighted by Gasteiger charge is 2.25. The van der Waals surface area contributed by atoms with Crippen LogP contribution >= 0.6 is 22.6 Å². The number of hydrogen-bond acceptors (Lipinski definition) is 3.